The van der Waals surface area contributed by atoms with Crippen molar-refractivity contribution >= 4 is 12.1 Å². The van der Waals surface area contributed by atoms with Crippen molar-refractivity contribution in [3.05, 3.63) is 95.6 Å². The van der Waals surface area contributed by atoms with Gasteiger partial charge >= 0.3 is 0 Å². The number of hydrogen-bond acceptors (Lipinski definition) is 4. The van der Waals surface area contributed by atoms with Gasteiger partial charge < -0.3 is 9.47 Å². The van der Waals surface area contributed by atoms with Crippen molar-refractivity contribution in [3.63, 3.8) is 0 Å². The Balaban J connectivity index is 1.42. The van der Waals surface area contributed by atoms with Crippen molar-refractivity contribution in [1.29, 1.82) is 0 Å². The molecule has 3 rings (SSSR count). The second kappa shape index (κ2) is 9.92. The van der Waals surface area contributed by atoms with E-state index in [1.165, 1.54) is 0 Å². The Morgan fingerprint density at radius 2 is 1.57 bits per heavy atom. The van der Waals surface area contributed by atoms with Gasteiger partial charge in [0.15, 0.2) is 0 Å². The molecule has 1 N–H and O–H groups in total. The van der Waals surface area contributed by atoms with Gasteiger partial charge in [-0.1, -0.05) is 36.4 Å². The highest BCUT2D eigenvalue weighted by atomic mass is 16.5. The van der Waals surface area contributed by atoms with Gasteiger partial charge in [0.25, 0.3) is 5.91 Å². The maximum absolute atomic E-state index is 11.9. The van der Waals surface area contributed by atoms with E-state index >= 15 is 0 Å². The lowest BCUT2D eigenvalue weighted by molar-refractivity contribution is 0.0955. The molecule has 5 nitrogen and oxygen atoms in total. The minimum atomic E-state index is -0.245. The zero-order valence-corrected chi connectivity index (χ0v) is 15.7. The third kappa shape index (κ3) is 5.71. The van der Waals surface area contributed by atoms with E-state index in [4.69, 9.17) is 9.47 Å². The number of nitrogens with one attached hydrogen (secondary N) is 1. The van der Waals surface area contributed by atoms with Crippen molar-refractivity contribution < 1.29 is 14.3 Å². The molecule has 0 atom stereocenters. The Hall–Kier alpha value is -3.60. The predicted molar refractivity (Wildman–Crippen MR) is 110 cm³/mol. The minimum Gasteiger partial charge on any atom is -0.490 e. The molecule has 142 valence electrons. The largest absolute Gasteiger partial charge is 0.490 e. The summed E-state index contributed by atoms with van der Waals surface area (Å²) in [5.74, 6) is 1.37. The van der Waals surface area contributed by atoms with Gasteiger partial charge in [-0.3, -0.25) is 4.79 Å². The zero-order valence-electron chi connectivity index (χ0n) is 15.7. The number of benzene rings is 3. The summed E-state index contributed by atoms with van der Waals surface area (Å²) in [4.78, 5) is 11.9. The maximum Gasteiger partial charge on any atom is 0.271 e. The number of carbonyl (C=O) groups is 1. The van der Waals surface area contributed by atoms with E-state index in [-0.39, 0.29) is 5.91 Å². The van der Waals surface area contributed by atoms with Gasteiger partial charge in [-0.15, -0.1) is 0 Å². The maximum atomic E-state index is 11.9. The van der Waals surface area contributed by atoms with Crippen LogP contribution in [0.5, 0.6) is 11.5 Å². The van der Waals surface area contributed by atoms with Crippen LogP contribution >= 0.6 is 0 Å². The second-order valence-corrected chi connectivity index (χ2v) is 6.10. The highest BCUT2D eigenvalue weighted by Crippen LogP contribution is 2.16. The van der Waals surface area contributed by atoms with Crippen LogP contribution in [-0.4, -0.2) is 25.3 Å². The van der Waals surface area contributed by atoms with Gasteiger partial charge in [0.2, 0.25) is 0 Å². The lowest BCUT2D eigenvalue weighted by atomic mass is 10.2. The van der Waals surface area contributed by atoms with Crippen LogP contribution in [0.15, 0.2) is 84.0 Å². The first-order valence-corrected chi connectivity index (χ1v) is 9.02. The third-order valence-electron chi connectivity index (χ3n) is 4.00. The summed E-state index contributed by atoms with van der Waals surface area (Å²) >= 11 is 0. The molecule has 0 aliphatic heterocycles. The summed E-state index contributed by atoms with van der Waals surface area (Å²) in [5.41, 5.74) is 5.03. The average molecular weight is 374 g/mol. The first-order valence-electron chi connectivity index (χ1n) is 9.02. The third-order valence-corrected chi connectivity index (χ3v) is 4.00. The minimum absolute atomic E-state index is 0.245. The van der Waals surface area contributed by atoms with E-state index in [2.05, 4.69) is 10.5 Å². The molecule has 0 aromatic heterocycles. The van der Waals surface area contributed by atoms with E-state index < -0.39 is 0 Å². The standard InChI is InChI=1S/C23H22N2O3/c1-18-7-5-6-10-22(18)28-16-15-27-21-13-11-19(12-14-21)17-24-25-23(26)20-8-3-2-4-9-20/h2-14,17H,15-16H2,1H3,(H,25,26)/b24-17+. The molecule has 3 aromatic rings. The summed E-state index contributed by atoms with van der Waals surface area (Å²) in [6.07, 6.45) is 1.59. The van der Waals surface area contributed by atoms with Gasteiger partial charge in [0, 0.05) is 5.56 Å². The quantitative estimate of drug-likeness (QED) is 0.365. The normalized spacial score (nSPS) is 10.6. The van der Waals surface area contributed by atoms with Crippen molar-refractivity contribution in [1.82, 2.24) is 5.43 Å². The number of hydrazone groups is 1. The van der Waals surface area contributed by atoms with Crippen molar-refractivity contribution in [2.45, 2.75) is 6.92 Å². The van der Waals surface area contributed by atoms with Crippen LogP contribution in [0.25, 0.3) is 0 Å². The number of ether oxygens (including phenoxy) is 2. The molecular weight excluding hydrogens is 352 g/mol. The van der Waals surface area contributed by atoms with Gasteiger partial charge in [-0.05, 0) is 60.5 Å². The number of aryl methyl sites for hydroxylation is 1. The molecule has 0 saturated heterocycles. The molecule has 1 amide bonds. The number of hydrogen-bond donors (Lipinski definition) is 1. The summed E-state index contributed by atoms with van der Waals surface area (Å²) in [6.45, 7) is 2.94. The topological polar surface area (TPSA) is 59.9 Å². The van der Waals surface area contributed by atoms with Crippen molar-refractivity contribution in [2.24, 2.45) is 5.10 Å². The summed E-state index contributed by atoms with van der Waals surface area (Å²) < 4.78 is 11.4. The van der Waals surface area contributed by atoms with E-state index in [1.54, 1.807) is 18.3 Å². The van der Waals surface area contributed by atoms with E-state index in [1.807, 2.05) is 73.7 Å². The van der Waals surface area contributed by atoms with Crippen LogP contribution in [0.1, 0.15) is 21.5 Å². The SMILES string of the molecule is Cc1ccccc1OCCOc1ccc(/C=N/NC(=O)c2ccccc2)cc1. The van der Waals surface area contributed by atoms with Crippen molar-refractivity contribution in [3.8, 4) is 11.5 Å². The summed E-state index contributed by atoms with van der Waals surface area (Å²) in [5, 5.41) is 3.98. The van der Waals surface area contributed by atoms with Crippen LogP contribution in [0.2, 0.25) is 0 Å². The second-order valence-electron chi connectivity index (χ2n) is 6.10. The molecule has 5 heteroatoms. The highest BCUT2D eigenvalue weighted by Gasteiger charge is 2.02. The van der Waals surface area contributed by atoms with Gasteiger partial charge in [-0.2, -0.15) is 5.10 Å². The van der Waals surface area contributed by atoms with Crippen LogP contribution in [0, 0.1) is 6.92 Å². The lowest BCUT2D eigenvalue weighted by Crippen LogP contribution is -2.17. The van der Waals surface area contributed by atoms with E-state index in [9.17, 15) is 4.79 Å². The Morgan fingerprint density at radius 3 is 2.32 bits per heavy atom. The van der Waals surface area contributed by atoms with E-state index in [0.29, 0.717) is 18.8 Å². The highest BCUT2D eigenvalue weighted by molar-refractivity contribution is 5.94. The Kier molecular flexibility index (Phi) is 6.79. The molecule has 0 saturated carbocycles. The number of carbonyl (C=O) groups excluding carboxylic acids is 1. The fourth-order valence-electron chi connectivity index (χ4n) is 2.50. The van der Waals surface area contributed by atoms with Crippen molar-refractivity contribution in [2.75, 3.05) is 13.2 Å². The number of para-hydroxylation sites is 1. The Labute approximate surface area is 164 Å². The van der Waals surface area contributed by atoms with Gasteiger partial charge in [0.05, 0.1) is 6.21 Å². The smallest absolute Gasteiger partial charge is 0.271 e. The Morgan fingerprint density at radius 1 is 0.893 bits per heavy atom. The molecule has 0 spiro atoms. The molecular formula is C23H22N2O3. The predicted octanol–water partition coefficient (Wildman–Crippen LogP) is 4.22. The molecule has 0 aliphatic carbocycles. The molecule has 28 heavy (non-hydrogen) atoms. The molecule has 0 fully saturated rings. The molecule has 3 aromatic carbocycles. The fraction of sp³-hybridized carbons (Fsp3) is 0.130. The van der Waals surface area contributed by atoms with Crippen LogP contribution in [-0.2, 0) is 0 Å². The summed E-state index contributed by atoms with van der Waals surface area (Å²) in [7, 11) is 0. The molecule has 0 aliphatic rings. The lowest BCUT2D eigenvalue weighted by Gasteiger charge is -2.10. The number of amides is 1. The summed E-state index contributed by atoms with van der Waals surface area (Å²) in [6, 6.07) is 24.3. The Bertz CT molecular complexity index is 922. The first-order chi connectivity index (χ1) is 13.7. The number of nitrogens with zero attached hydrogens (tertiary/aromatic N) is 1. The molecule has 0 radical (unpaired) electrons. The molecule has 0 heterocycles. The van der Waals surface area contributed by atoms with Gasteiger partial charge in [-0.25, -0.2) is 5.43 Å². The van der Waals surface area contributed by atoms with Crippen LogP contribution < -0.4 is 14.9 Å². The number of rotatable bonds is 8. The average Bonchev–Trinajstić information content (AvgIpc) is 2.74. The first kappa shape index (κ1) is 19.2. The molecule has 0 bridgehead atoms. The fourth-order valence-corrected chi connectivity index (χ4v) is 2.50. The van der Waals surface area contributed by atoms with Crippen LogP contribution in [0.3, 0.4) is 0 Å². The van der Waals surface area contributed by atoms with Crippen LogP contribution in [0.4, 0.5) is 0 Å². The van der Waals surface area contributed by atoms with Gasteiger partial charge in [0.1, 0.15) is 24.7 Å². The zero-order chi connectivity index (χ0) is 19.6. The molecule has 0 unspecified atom stereocenters. The van der Waals surface area contributed by atoms with E-state index in [0.717, 1.165) is 22.6 Å². The monoisotopic (exact) mass is 374 g/mol.